The van der Waals surface area contributed by atoms with Gasteiger partial charge in [0.1, 0.15) is 17.4 Å². The van der Waals surface area contributed by atoms with E-state index in [4.69, 9.17) is 10.00 Å². The van der Waals surface area contributed by atoms with E-state index in [0.29, 0.717) is 13.0 Å². The zero-order valence-electron chi connectivity index (χ0n) is 12.8. The van der Waals surface area contributed by atoms with Gasteiger partial charge >= 0.3 is 0 Å². The highest BCUT2D eigenvalue weighted by Gasteiger charge is 2.11. The summed E-state index contributed by atoms with van der Waals surface area (Å²) in [5, 5.41) is 9.84. The lowest BCUT2D eigenvalue weighted by Crippen LogP contribution is -1.97. The normalized spacial score (nSPS) is 10.4. The van der Waals surface area contributed by atoms with Crippen molar-refractivity contribution in [3.05, 3.63) is 44.9 Å². The molecule has 1 aromatic heterocycles. The highest BCUT2D eigenvalue weighted by atomic mass is 32.1. The Morgan fingerprint density at radius 1 is 1.33 bits per heavy atom. The summed E-state index contributed by atoms with van der Waals surface area (Å²) in [5.74, 6) is 0.907. The Hall–Kier alpha value is -1.86. The maximum Gasteiger partial charge on any atom is 0.140 e. The predicted octanol–water partition coefficient (Wildman–Crippen LogP) is 4.36. The Labute approximate surface area is 130 Å². The molecule has 0 atom stereocenters. The molecule has 3 nitrogen and oxygen atoms in total. The maximum absolute atomic E-state index is 8.89. The Kier molecular flexibility index (Phi) is 5.35. The Balaban J connectivity index is 2.11. The largest absolute Gasteiger partial charge is 0.486 e. The number of ether oxygens (including phenoxy) is 1. The van der Waals surface area contributed by atoms with Crippen molar-refractivity contribution in [1.29, 1.82) is 5.26 Å². The highest BCUT2D eigenvalue weighted by molar-refractivity contribution is 7.11. The number of thiazole rings is 1. The van der Waals surface area contributed by atoms with E-state index in [9.17, 15) is 0 Å². The minimum Gasteiger partial charge on any atom is -0.486 e. The second-order valence-electron chi connectivity index (χ2n) is 5.12. The SMILES string of the molecule is CCCc1nc(COc2cc(C)ccc2C)sc1CC#N. The molecule has 4 heteroatoms. The molecule has 0 unspecified atom stereocenters. The molecule has 110 valence electrons. The van der Waals surface area contributed by atoms with E-state index in [0.717, 1.165) is 39.7 Å². The molecule has 0 aliphatic heterocycles. The van der Waals surface area contributed by atoms with Crippen LogP contribution in [0.15, 0.2) is 18.2 Å². The molecule has 0 aliphatic carbocycles. The average molecular weight is 300 g/mol. The van der Waals surface area contributed by atoms with Crippen LogP contribution in [0, 0.1) is 25.2 Å². The first kappa shape index (κ1) is 15.5. The third kappa shape index (κ3) is 4.05. The first-order chi connectivity index (χ1) is 10.1. The molecule has 0 saturated carbocycles. The van der Waals surface area contributed by atoms with Crippen LogP contribution >= 0.6 is 11.3 Å². The van der Waals surface area contributed by atoms with Crippen LogP contribution in [0.2, 0.25) is 0 Å². The molecule has 0 N–H and O–H groups in total. The highest BCUT2D eigenvalue weighted by Crippen LogP contribution is 2.24. The lowest BCUT2D eigenvalue weighted by atomic mass is 10.1. The zero-order chi connectivity index (χ0) is 15.2. The number of aromatic nitrogens is 1. The van der Waals surface area contributed by atoms with Crippen LogP contribution in [0.1, 0.15) is 40.1 Å². The molecule has 0 fully saturated rings. The molecule has 0 spiro atoms. The molecule has 0 bridgehead atoms. The van der Waals surface area contributed by atoms with Gasteiger partial charge in [-0.25, -0.2) is 4.98 Å². The third-order valence-corrected chi connectivity index (χ3v) is 4.31. The van der Waals surface area contributed by atoms with Crippen LogP contribution in [-0.4, -0.2) is 4.98 Å². The summed E-state index contributed by atoms with van der Waals surface area (Å²) in [6.07, 6.45) is 2.41. The fraction of sp³-hybridized carbons (Fsp3) is 0.412. The van der Waals surface area contributed by atoms with Gasteiger partial charge in [0, 0.05) is 4.88 Å². The van der Waals surface area contributed by atoms with Crippen LogP contribution in [0.3, 0.4) is 0 Å². The second-order valence-corrected chi connectivity index (χ2v) is 6.29. The van der Waals surface area contributed by atoms with Gasteiger partial charge in [-0.1, -0.05) is 25.5 Å². The van der Waals surface area contributed by atoms with E-state index >= 15 is 0 Å². The van der Waals surface area contributed by atoms with Crippen molar-refractivity contribution in [2.75, 3.05) is 0 Å². The Morgan fingerprint density at radius 2 is 2.14 bits per heavy atom. The van der Waals surface area contributed by atoms with Crippen LogP contribution in [0.4, 0.5) is 0 Å². The first-order valence-electron chi connectivity index (χ1n) is 7.18. The molecule has 2 rings (SSSR count). The van der Waals surface area contributed by atoms with Crippen LogP contribution in [0.25, 0.3) is 0 Å². The van der Waals surface area contributed by atoms with Crippen LogP contribution in [0.5, 0.6) is 5.75 Å². The van der Waals surface area contributed by atoms with E-state index in [1.165, 1.54) is 5.56 Å². The van der Waals surface area contributed by atoms with E-state index in [-0.39, 0.29) is 0 Å². The standard InChI is InChI=1S/C17H20N2OS/c1-4-5-14-16(8-9-18)21-17(19-14)11-20-15-10-12(2)6-7-13(15)3/h6-7,10H,4-5,8,11H2,1-3H3. The van der Waals surface area contributed by atoms with Gasteiger partial charge in [-0.15, -0.1) is 11.3 Å². The molecule has 0 aliphatic rings. The van der Waals surface area contributed by atoms with Crippen LogP contribution in [-0.2, 0) is 19.4 Å². The summed E-state index contributed by atoms with van der Waals surface area (Å²) in [6.45, 7) is 6.69. The topological polar surface area (TPSA) is 45.9 Å². The zero-order valence-corrected chi connectivity index (χ0v) is 13.6. The molecule has 0 amide bonds. The summed E-state index contributed by atoms with van der Waals surface area (Å²) < 4.78 is 5.89. The first-order valence-corrected chi connectivity index (χ1v) is 8.00. The van der Waals surface area contributed by atoms with Crippen molar-refractivity contribution >= 4 is 11.3 Å². The fourth-order valence-corrected chi connectivity index (χ4v) is 3.10. The maximum atomic E-state index is 8.89. The van der Waals surface area contributed by atoms with E-state index in [2.05, 4.69) is 37.0 Å². The van der Waals surface area contributed by atoms with Gasteiger partial charge in [0.05, 0.1) is 18.2 Å². The van der Waals surface area contributed by atoms with Crippen molar-refractivity contribution in [3.8, 4) is 11.8 Å². The van der Waals surface area contributed by atoms with E-state index in [1.807, 2.05) is 13.0 Å². The average Bonchev–Trinajstić information content (AvgIpc) is 2.83. The quantitative estimate of drug-likeness (QED) is 0.796. The van der Waals surface area contributed by atoms with Gasteiger partial charge in [-0.2, -0.15) is 5.26 Å². The van der Waals surface area contributed by atoms with Gasteiger partial charge in [0.2, 0.25) is 0 Å². The summed E-state index contributed by atoms with van der Waals surface area (Å²) in [4.78, 5) is 5.71. The van der Waals surface area contributed by atoms with E-state index < -0.39 is 0 Å². The summed E-state index contributed by atoms with van der Waals surface area (Å²) in [6, 6.07) is 8.41. The molecular weight excluding hydrogens is 280 g/mol. The van der Waals surface area contributed by atoms with Crippen molar-refractivity contribution in [2.45, 2.75) is 46.6 Å². The number of hydrogen-bond acceptors (Lipinski definition) is 4. The van der Waals surface area contributed by atoms with Gasteiger partial charge in [0.25, 0.3) is 0 Å². The van der Waals surface area contributed by atoms with Crippen molar-refractivity contribution in [2.24, 2.45) is 0 Å². The molecule has 0 saturated heterocycles. The molecule has 1 aromatic carbocycles. The number of nitriles is 1. The van der Waals surface area contributed by atoms with Gasteiger partial charge in [-0.3, -0.25) is 0 Å². The Morgan fingerprint density at radius 3 is 2.86 bits per heavy atom. The molecular formula is C17H20N2OS. The molecule has 1 heterocycles. The smallest absolute Gasteiger partial charge is 0.140 e. The fourth-order valence-electron chi connectivity index (χ4n) is 2.14. The van der Waals surface area contributed by atoms with Crippen molar-refractivity contribution < 1.29 is 4.74 Å². The van der Waals surface area contributed by atoms with Crippen molar-refractivity contribution in [3.63, 3.8) is 0 Å². The molecule has 2 aromatic rings. The summed E-state index contributed by atoms with van der Waals surface area (Å²) >= 11 is 1.59. The summed E-state index contributed by atoms with van der Waals surface area (Å²) in [7, 11) is 0. The van der Waals surface area contributed by atoms with Gasteiger partial charge in [0.15, 0.2) is 0 Å². The number of rotatable bonds is 6. The third-order valence-electron chi connectivity index (χ3n) is 3.24. The minimum atomic E-state index is 0.441. The van der Waals surface area contributed by atoms with Gasteiger partial charge in [-0.05, 0) is 37.5 Å². The Bertz CT molecular complexity index is 655. The number of benzene rings is 1. The lowest BCUT2D eigenvalue weighted by Gasteiger charge is -2.08. The lowest BCUT2D eigenvalue weighted by molar-refractivity contribution is 0.303. The molecule has 0 radical (unpaired) electrons. The van der Waals surface area contributed by atoms with Crippen molar-refractivity contribution in [1.82, 2.24) is 4.98 Å². The second kappa shape index (κ2) is 7.24. The number of aryl methyl sites for hydroxylation is 3. The monoisotopic (exact) mass is 300 g/mol. The van der Waals surface area contributed by atoms with E-state index in [1.54, 1.807) is 11.3 Å². The van der Waals surface area contributed by atoms with Gasteiger partial charge < -0.3 is 4.74 Å². The van der Waals surface area contributed by atoms with Crippen LogP contribution < -0.4 is 4.74 Å². The minimum absolute atomic E-state index is 0.441. The molecule has 21 heavy (non-hydrogen) atoms. The number of nitrogens with zero attached hydrogens (tertiary/aromatic N) is 2. The predicted molar refractivity (Wildman–Crippen MR) is 85.7 cm³/mol. The summed E-state index contributed by atoms with van der Waals surface area (Å²) in [5.41, 5.74) is 3.37. The number of hydrogen-bond donors (Lipinski definition) is 0.